The van der Waals surface area contributed by atoms with Crippen LogP contribution in [0.25, 0.3) is 0 Å². The fourth-order valence-electron chi connectivity index (χ4n) is 1.74. The fourth-order valence-corrected chi connectivity index (χ4v) is 4.59. The van der Waals surface area contributed by atoms with E-state index in [0.29, 0.717) is 11.1 Å². The molecule has 0 bridgehead atoms. The Hall–Kier alpha value is -1.16. The molecule has 0 saturated heterocycles. The van der Waals surface area contributed by atoms with E-state index in [-0.39, 0.29) is 12.3 Å². The molecule has 3 nitrogen and oxygen atoms in total. The van der Waals surface area contributed by atoms with Gasteiger partial charge in [0.2, 0.25) is 0 Å². The second-order valence-corrected chi connectivity index (χ2v) is 7.93. The molecule has 0 aliphatic heterocycles. The average Bonchev–Trinajstić information content (AvgIpc) is 2.77. The lowest BCUT2D eigenvalue weighted by Crippen LogP contribution is -2.25. The van der Waals surface area contributed by atoms with Crippen molar-refractivity contribution in [2.24, 2.45) is 0 Å². The van der Waals surface area contributed by atoms with Crippen LogP contribution in [0.5, 0.6) is 0 Å². The summed E-state index contributed by atoms with van der Waals surface area (Å²) in [6.07, 6.45) is 0. The highest BCUT2D eigenvalue weighted by Gasteiger charge is 2.16. The molecule has 102 valence electrons. The van der Waals surface area contributed by atoms with Crippen molar-refractivity contribution < 1.29 is 4.79 Å². The molecule has 0 aliphatic rings. The van der Waals surface area contributed by atoms with Crippen LogP contribution in [0.4, 0.5) is 5.69 Å². The van der Waals surface area contributed by atoms with Gasteiger partial charge < -0.3 is 4.90 Å². The maximum atomic E-state index is 12.3. The van der Waals surface area contributed by atoms with Gasteiger partial charge in [-0.25, -0.2) is 0 Å². The van der Waals surface area contributed by atoms with Crippen LogP contribution in [0.3, 0.4) is 0 Å². The zero-order valence-electron chi connectivity index (χ0n) is 10.6. The van der Waals surface area contributed by atoms with Gasteiger partial charge in [0.05, 0.1) is 25.8 Å². The highest BCUT2D eigenvalue weighted by atomic mass is 79.9. The molecular formula is C14H10Br2N2OS. The smallest absolute Gasteiger partial charge is 0.184 e. The van der Waals surface area contributed by atoms with E-state index < -0.39 is 0 Å². The second kappa shape index (κ2) is 6.53. The summed E-state index contributed by atoms with van der Waals surface area (Å²) >= 11 is 8.24. The molecule has 2 aromatic rings. The third kappa shape index (κ3) is 3.48. The number of rotatable bonds is 4. The second-order valence-electron chi connectivity index (χ2n) is 4.18. The van der Waals surface area contributed by atoms with Crippen LogP contribution < -0.4 is 4.90 Å². The summed E-state index contributed by atoms with van der Waals surface area (Å²) in [7, 11) is 1.84. The number of thiophene rings is 1. The van der Waals surface area contributed by atoms with Crippen molar-refractivity contribution in [3.8, 4) is 6.07 Å². The average molecular weight is 414 g/mol. The Bertz CT molecular complexity index is 691. The molecule has 6 heteroatoms. The van der Waals surface area contributed by atoms with Gasteiger partial charge in [-0.1, -0.05) is 6.07 Å². The number of benzene rings is 1. The topological polar surface area (TPSA) is 44.1 Å². The van der Waals surface area contributed by atoms with E-state index in [0.717, 1.165) is 13.3 Å². The van der Waals surface area contributed by atoms with Crippen LogP contribution in [0.15, 0.2) is 37.9 Å². The van der Waals surface area contributed by atoms with Crippen LogP contribution in [-0.2, 0) is 0 Å². The number of hydrogen-bond donors (Lipinski definition) is 0. The number of nitriles is 1. The number of halogens is 2. The number of nitrogens with zero attached hydrogens (tertiary/aromatic N) is 2. The van der Waals surface area contributed by atoms with E-state index >= 15 is 0 Å². The molecule has 0 spiro atoms. The molecular weight excluding hydrogens is 404 g/mol. The number of ketones is 1. The standard InChI is InChI=1S/C14H10Br2N2OS/c1-18(10-4-2-3-9(5-10)7-17)8-12(19)11-6-13(15)20-14(11)16/h2-6H,8H2,1H3. The summed E-state index contributed by atoms with van der Waals surface area (Å²) in [5.74, 6) is 0.0312. The predicted octanol–water partition coefficient (Wildman–Crippen LogP) is 4.46. The van der Waals surface area contributed by atoms with E-state index in [1.54, 1.807) is 12.1 Å². The van der Waals surface area contributed by atoms with Crippen molar-refractivity contribution in [1.82, 2.24) is 0 Å². The summed E-state index contributed by atoms with van der Waals surface area (Å²) in [6, 6.07) is 11.1. The Morgan fingerprint density at radius 2 is 2.15 bits per heavy atom. The first-order valence-corrected chi connectivity index (χ1v) is 8.11. The number of hydrogen-bond acceptors (Lipinski definition) is 4. The number of anilines is 1. The lowest BCUT2D eigenvalue weighted by atomic mass is 10.2. The molecule has 0 N–H and O–H groups in total. The Balaban J connectivity index is 2.15. The van der Waals surface area contributed by atoms with Crippen LogP contribution in [0, 0.1) is 11.3 Å². The number of likely N-dealkylation sites (N-methyl/N-ethyl adjacent to an activating group) is 1. The molecule has 0 atom stereocenters. The Kier molecular flexibility index (Phi) is 4.97. The van der Waals surface area contributed by atoms with Crippen molar-refractivity contribution in [2.45, 2.75) is 0 Å². The Morgan fingerprint density at radius 3 is 2.75 bits per heavy atom. The summed E-state index contributed by atoms with van der Waals surface area (Å²) in [5.41, 5.74) is 2.11. The van der Waals surface area contributed by atoms with Gasteiger partial charge in [0, 0.05) is 18.3 Å². The van der Waals surface area contributed by atoms with E-state index in [1.165, 1.54) is 11.3 Å². The lowest BCUT2D eigenvalue weighted by molar-refractivity contribution is 0.1000. The van der Waals surface area contributed by atoms with Gasteiger partial charge in [0.25, 0.3) is 0 Å². The first-order chi connectivity index (χ1) is 9.51. The Labute approximate surface area is 138 Å². The lowest BCUT2D eigenvalue weighted by Gasteiger charge is -2.18. The summed E-state index contributed by atoms with van der Waals surface area (Å²) in [4.78, 5) is 14.1. The van der Waals surface area contributed by atoms with E-state index in [1.807, 2.05) is 30.1 Å². The SMILES string of the molecule is CN(CC(=O)c1cc(Br)sc1Br)c1cccc(C#N)c1. The summed E-state index contributed by atoms with van der Waals surface area (Å²) < 4.78 is 1.75. The van der Waals surface area contributed by atoms with Gasteiger partial charge in [-0.15, -0.1) is 11.3 Å². The molecule has 0 aliphatic carbocycles. The fraction of sp³-hybridized carbons (Fsp3) is 0.143. The minimum Gasteiger partial charge on any atom is -0.367 e. The van der Waals surface area contributed by atoms with E-state index in [9.17, 15) is 4.79 Å². The molecule has 0 fully saturated rings. The predicted molar refractivity (Wildman–Crippen MR) is 88.5 cm³/mol. The van der Waals surface area contributed by atoms with Crippen LogP contribution in [0.2, 0.25) is 0 Å². The quantitative estimate of drug-likeness (QED) is 0.694. The van der Waals surface area contributed by atoms with Crippen LogP contribution in [0.1, 0.15) is 15.9 Å². The van der Waals surface area contributed by atoms with Gasteiger partial charge in [-0.2, -0.15) is 5.26 Å². The van der Waals surface area contributed by atoms with Crippen molar-refractivity contribution in [3.05, 3.63) is 49.0 Å². The molecule has 0 unspecified atom stereocenters. The zero-order chi connectivity index (χ0) is 14.7. The number of Topliss-reactive ketones (excluding diaryl/α,β-unsaturated/α-hetero) is 1. The molecule has 0 saturated carbocycles. The molecule has 20 heavy (non-hydrogen) atoms. The third-order valence-electron chi connectivity index (χ3n) is 2.75. The van der Waals surface area contributed by atoms with Gasteiger partial charge in [0.15, 0.2) is 5.78 Å². The van der Waals surface area contributed by atoms with Gasteiger partial charge >= 0.3 is 0 Å². The largest absolute Gasteiger partial charge is 0.367 e. The number of carbonyl (C=O) groups is 1. The minimum atomic E-state index is 0.0312. The molecule has 1 aromatic carbocycles. The van der Waals surface area contributed by atoms with Gasteiger partial charge in [-0.05, 0) is 56.1 Å². The maximum absolute atomic E-state index is 12.3. The minimum absolute atomic E-state index is 0.0312. The van der Waals surface area contributed by atoms with Crippen molar-refractivity contribution >= 4 is 54.7 Å². The van der Waals surface area contributed by atoms with Crippen LogP contribution in [-0.4, -0.2) is 19.4 Å². The normalized spacial score (nSPS) is 10.1. The molecule has 0 radical (unpaired) electrons. The van der Waals surface area contributed by atoms with Crippen molar-refractivity contribution in [3.63, 3.8) is 0 Å². The third-order valence-corrected chi connectivity index (χ3v) is 5.09. The monoisotopic (exact) mass is 412 g/mol. The zero-order valence-corrected chi connectivity index (χ0v) is 14.5. The molecule has 1 heterocycles. The first-order valence-electron chi connectivity index (χ1n) is 5.70. The van der Waals surface area contributed by atoms with Crippen molar-refractivity contribution in [2.75, 3.05) is 18.5 Å². The van der Waals surface area contributed by atoms with Crippen LogP contribution >= 0.6 is 43.2 Å². The summed E-state index contributed by atoms with van der Waals surface area (Å²) in [6.45, 7) is 0.261. The van der Waals surface area contributed by atoms with Gasteiger partial charge in [0.1, 0.15) is 0 Å². The maximum Gasteiger partial charge on any atom is 0.184 e. The van der Waals surface area contributed by atoms with E-state index in [2.05, 4.69) is 37.9 Å². The number of carbonyl (C=O) groups excluding carboxylic acids is 1. The molecule has 1 aromatic heterocycles. The van der Waals surface area contributed by atoms with Gasteiger partial charge in [-0.3, -0.25) is 4.79 Å². The van der Waals surface area contributed by atoms with Crippen molar-refractivity contribution in [1.29, 1.82) is 5.26 Å². The van der Waals surface area contributed by atoms with E-state index in [4.69, 9.17) is 5.26 Å². The molecule has 2 rings (SSSR count). The Morgan fingerprint density at radius 1 is 1.40 bits per heavy atom. The highest BCUT2D eigenvalue weighted by molar-refractivity contribution is 9.12. The highest BCUT2D eigenvalue weighted by Crippen LogP contribution is 2.32. The first kappa shape index (κ1) is 15.2. The summed E-state index contributed by atoms with van der Waals surface area (Å²) in [5, 5.41) is 8.90. The molecule has 0 amide bonds.